The number of hydrogen-bond acceptors (Lipinski definition) is 3. The van der Waals surface area contributed by atoms with Crippen molar-refractivity contribution in [2.75, 3.05) is 18.6 Å². The fourth-order valence-electron chi connectivity index (χ4n) is 5.08. The topological polar surface area (TPSA) is 47.4 Å². The molecular formula is C29H25N3O2. The first-order valence-electron chi connectivity index (χ1n) is 11.6. The largest absolute Gasteiger partial charge is 0.497 e. The number of hydrogen-bond donors (Lipinski definition) is 0. The molecule has 34 heavy (non-hydrogen) atoms. The maximum atomic E-state index is 13.1. The zero-order chi connectivity index (χ0) is 23.1. The summed E-state index contributed by atoms with van der Waals surface area (Å²) in [6, 6.07) is 30.8. The van der Waals surface area contributed by atoms with Crippen molar-refractivity contribution in [1.29, 1.82) is 0 Å². The molecule has 0 unspecified atom stereocenters. The van der Waals surface area contributed by atoms with Crippen LogP contribution in [0.25, 0.3) is 21.8 Å². The maximum Gasteiger partial charge on any atom is 0.227 e. The molecule has 168 valence electrons. The van der Waals surface area contributed by atoms with Gasteiger partial charge in [0.1, 0.15) is 11.6 Å². The summed E-state index contributed by atoms with van der Waals surface area (Å²) < 4.78 is 7.66. The summed E-state index contributed by atoms with van der Waals surface area (Å²) in [6.45, 7) is 1.31. The summed E-state index contributed by atoms with van der Waals surface area (Å²) in [7, 11) is 1.64. The number of imidazole rings is 1. The van der Waals surface area contributed by atoms with Gasteiger partial charge in [0, 0.05) is 37.2 Å². The average Bonchev–Trinajstić information content (AvgIpc) is 3.45. The van der Waals surface area contributed by atoms with Gasteiger partial charge < -0.3 is 14.2 Å². The number of anilines is 1. The van der Waals surface area contributed by atoms with E-state index in [1.165, 1.54) is 16.3 Å². The molecule has 1 fully saturated rings. The summed E-state index contributed by atoms with van der Waals surface area (Å²) in [5.41, 5.74) is 4.17. The quantitative estimate of drug-likeness (QED) is 0.344. The first-order valence-corrected chi connectivity index (χ1v) is 11.6. The summed E-state index contributed by atoms with van der Waals surface area (Å²) in [4.78, 5) is 19.9. The lowest BCUT2D eigenvalue weighted by molar-refractivity contribution is -0.117. The summed E-state index contributed by atoms with van der Waals surface area (Å²) >= 11 is 0. The van der Waals surface area contributed by atoms with Crippen molar-refractivity contribution in [2.45, 2.75) is 18.9 Å². The van der Waals surface area contributed by atoms with Crippen LogP contribution in [-0.4, -0.2) is 29.1 Å². The number of ether oxygens (including phenoxy) is 1. The molecule has 0 bridgehead atoms. The van der Waals surface area contributed by atoms with Gasteiger partial charge in [0.15, 0.2) is 0 Å². The lowest BCUT2D eigenvalue weighted by Crippen LogP contribution is -2.24. The number of nitrogens with zero attached hydrogens (tertiary/aromatic N) is 3. The molecule has 0 N–H and O–H groups in total. The molecule has 5 aromatic rings. The molecule has 4 aromatic carbocycles. The Balaban J connectivity index is 1.41. The molecule has 1 atom stereocenters. The Kier molecular flexibility index (Phi) is 5.02. The number of methoxy groups -OCH3 is 1. The number of amides is 1. The normalized spacial score (nSPS) is 16.0. The van der Waals surface area contributed by atoms with Crippen LogP contribution in [0.3, 0.4) is 0 Å². The van der Waals surface area contributed by atoms with Crippen molar-refractivity contribution in [2.24, 2.45) is 0 Å². The van der Waals surface area contributed by atoms with Crippen molar-refractivity contribution >= 4 is 33.4 Å². The molecule has 1 aromatic heterocycles. The minimum absolute atomic E-state index is 0.0149. The Labute approximate surface area is 198 Å². The number of aromatic nitrogens is 2. The first-order chi connectivity index (χ1) is 16.7. The molecule has 1 aliphatic heterocycles. The van der Waals surface area contributed by atoms with Crippen molar-refractivity contribution in [3.63, 3.8) is 0 Å². The fraction of sp³-hybridized carbons (Fsp3) is 0.172. The molecule has 1 amide bonds. The van der Waals surface area contributed by atoms with E-state index < -0.39 is 0 Å². The predicted octanol–water partition coefficient (Wildman–Crippen LogP) is 5.77. The number of carbonyl (C=O) groups excluding carboxylic acids is 1. The van der Waals surface area contributed by atoms with E-state index in [2.05, 4.69) is 65.2 Å². The summed E-state index contributed by atoms with van der Waals surface area (Å²) in [6.07, 6.45) is 0.441. The Morgan fingerprint density at radius 2 is 1.74 bits per heavy atom. The van der Waals surface area contributed by atoms with E-state index in [0.29, 0.717) is 19.5 Å². The van der Waals surface area contributed by atoms with Crippen LogP contribution < -0.4 is 9.64 Å². The minimum Gasteiger partial charge on any atom is -0.497 e. The maximum absolute atomic E-state index is 13.1. The highest BCUT2D eigenvalue weighted by Gasteiger charge is 2.35. The number of benzene rings is 4. The molecule has 1 aliphatic rings. The van der Waals surface area contributed by atoms with Crippen LogP contribution in [0.1, 0.15) is 23.7 Å². The van der Waals surface area contributed by atoms with E-state index in [0.717, 1.165) is 28.3 Å². The Hall–Kier alpha value is -4.12. The fourth-order valence-corrected chi connectivity index (χ4v) is 5.08. The van der Waals surface area contributed by atoms with Crippen molar-refractivity contribution in [1.82, 2.24) is 9.55 Å². The molecule has 0 radical (unpaired) electrons. The van der Waals surface area contributed by atoms with E-state index in [1.54, 1.807) is 7.11 Å². The van der Waals surface area contributed by atoms with Crippen LogP contribution in [-0.2, 0) is 11.3 Å². The standard InChI is InChI=1S/C29H25N3O2/c1-34-24-12-7-11-23(17-24)31-19-22(16-28(31)33)29-30-26-14-4-5-15-27(26)32(29)18-21-10-6-9-20-8-2-3-13-25(20)21/h2-15,17,22H,16,18-19H2,1H3/t22-/m0/s1. The van der Waals surface area contributed by atoms with Gasteiger partial charge in [0.05, 0.1) is 18.1 Å². The van der Waals surface area contributed by atoms with Crippen molar-refractivity contribution in [3.05, 3.63) is 102 Å². The molecule has 6 rings (SSSR count). The number of carbonyl (C=O) groups is 1. The van der Waals surface area contributed by atoms with Crippen molar-refractivity contribution < 1.29 is 9.53 Å². The highest BCUT2D eigenvalue weighted by molar-refractivity contribution is 5.96. The second-order valence-electron chi connectivity index (χ2n) is 8.79. The van der Waals surface area contributed by atoms with E-state index in [-0.39, 0.29) is 11.8 Å². The van der Waals surface area contributed by atoms with Gasteiger partial charge in [-0.15, -0.1) is 0 Å². The first kappa shape index (κ1) is 20.5. The predicted molar refractivity (Wildman–Crippen MR) is 135 cm³/mol. The van der Waals surface area contributed by atoms with Crippen molar-refractivity contribution in [3.8, 4) is 5.75 Å². The van der Waals surface area contributed by atoms with Crippen LogP contribution in [0, 0.1) is 0 Å². The Morgan fingerprint density at radius 1 is 0.941 bits per heavy atom. The molecular weight excluding hydrogens is 422 g/mol. The third-order valence-corrected chi connectivity index (χ3v) is 6.75. The van der Waals surface area contributed by atoms with Crippen LogP contribution in [0.5, 0.6) is 5.75 Å². The smallest absolute Gasteiger partial charge is 0.227 e. The van der Waals surface area contributed by atoms with Gasteiger partial charge in [0.2, 0.25) is 5.91 Å². The van der Waals surface area contributed by atoms with Crippen LogP contribution in [0.4, 0.5) is 5.69 Å². The number of fused-ring (bicyclic) bond motifs is 2. The highest BCUT2D eigenvalue weighted by Crippen LogP contribution is 2.35. The van der Waals surface area contributed by atoms with Gasteiger partial charge in [0.25, 0.3) is 0 Å². The third-order valence-electron chi connectivity index (χ3n) is 6.75. The van der Waals surface area contributed by atoms with Gasteiger partial charge in [-0.3, -0.25) is 4.79 Å². The summed E-state index contributed by atoms with van der Waals surface area (Å²) in [5, 5.41) is 2.47. The van der Waals surface area contributed by atoms with Gasteiger partial charge in [-0.05, 0) is 40.6 Å². The third kappa shape index (κ3) is 3.50. The molecule has 5 heteroatoms. The van der Waals surface area contributed by atoms with Crippen LogP contribution in [0.2, 0.25) is 0 Å². The number of para-hydroxylation sites is 2. The monoisotopic (exact) mass is 447 g/mol. The molecule has 0 spiro atoms. The molecule has 5 nitrogen and oxygen atoms in total. The second-order valence-corrected chi connectivity index (χ2v) is 8.79. The minimum atomic E-state index is 0.0149. The molecule has 1 saturated heterocycles. The second kappa shape index (κ2) is 8.34. The van der Waals surface area contributed by atoms with E-state index in [1.807, 2.05) is 35.2 Å². The summed E-state index contributed by atoms with van der Waals surface area (Å²) in [5.74, 6) is 1.84. The Morgan fingerprint density at radius 3 is 2.65 bits per heavy atom. The van der Waals surface area contributed by atoms with Crippen LogP contribution >= 0.6 is 0 Å². The highest BCUT2D eigenvalue weighted by atomic mass is 16.5. The zero-order valence-corrected chi connectivity index (χ0v) is 19.0. The Bertz CT molecular complexity index is 1520. The SMILES string of the molecule is COc1cccc(N2C[C@@H](c3nc4ccccc4n3Cc3cccc4ccccc34)CC2=O)c1. The molecule has 2 heterocycles. The van der Waals surface area contributed by atoms with Gasteiger partial charge in [-0.1, -0.05) is 60.7 Å². The average molecular weight is 448 g/mol. The van der Waals surface area contributed by atoms with Gasteiger partial charge in [-0.25, -0.2) is 4.98 Å². The van der Waals surface area contributed by atoms with E-state index in [4.69, 9.17) is 9.72 Å². The van der Waals surface area contributed by atoms with Gasteiger partial charge in [-0.2, -0.15) is 0 Å². The van der Waals surface area contributed by atoms with E-state index >= 15 is 0 Å². The lowest BCUT2D eigenvalue weighted by atomic mass is 10.0. The van der Waals surface area contributed by atoms with E-state index in [9.17, 15) is 4.79 Å². The van der Waals surface area contributed by atoms with Gasteiger partial charge >= 0.3 is 0 Å². The molecule has 0 aliphatic carbocycles. The lowest BCUT2D eigenvalue weighted by Gasteiger charge is -2.18. The molecule has 0 saturated carbocycles. The zero-order valence-electron chi connectivity index (χ0n) is 19.0. The number of rotatable bonds is 5. The van der Waals surface area contributed by atoms with Crippen LogP contribution in [0.15, 0.2) is 91.0 Å².